The van der Waals surface area contributed by atoms with Crippen molar-refractivity contribution in [2.24, 2.45) is 0 Å². The molecule has 0 unspecified atom stereocenters. The number of carboxylic acids is 1. The van der Waals surface area contributed by atoms with Crippen LogP contribution in [0.25, 0.3) is 11.3 Å². The van der Waals surface area contributed by atoms with Crippen molar-refractivity contribution in [2.45, 2.75) is 12.8 Å². The SMILES string of the molecule is CC(F)(F)c1cc2c(c(-c3cc(C(=O)O)[nH]n3)c1)OCO2. The molecule has 0 fully saturated rings. The monoisotopic (exact) mass is 296 g/mol. The Morgan fingerprint density at radius 2 is 2.14 bits per heavy atom. The summed E-state index contributed by atoms with van der Waals surface area (Å²) in [6.45, 7) is 0.679. The summed E-state index contributed by atoms with van der Waals surface area (Å²) in [6, 6.07) is 3.67. The summed E-state index contributed by atoms with van der Waals surface area (Å²) in [7, 11) is 0. The van der Waals surface area contributed by atoms with E-state index >= 15 is 0 Å². The van der Waals surface area contributed by atoms with Gasteiger partial charge in [-0.25, -0.2) is 13.6 Å². The third-order valence-corrected chi connectivity index (χ3v) is 3.06. The number of carbonyl (C=O) groups is 1. The maximum absolute atomic E-state index is 13.5. The number of aromatic nitrogens is 2. The average Bonchev–Trinajstić information content (AvgIpc) is 3.05. The molecule has 1 aromatic heterocycles. The van der Waals surface area contributed by atoms with Crippen LogP contribution in [0.15, 0.2) is 18.2 Å². The minimum absolute atomic E-state index is 0.0860. The summed E-state index contributed by atoms with van der Waals surface area (Å²) >= 11 is 0. The van der Waals surface area contributed by atoms with E-state index in [1.807, 2.05) is 0 Å². The summed E-state index contributed by atoms with van der Waals surface area (Å²) in [5.41, 5.74) is 0.0403. The fourth-order valence-electron chi connectivity index (χ4n) is 2.02. The van der Waals surface area contributed by atoms with Crippen LogP contribution in [0.1, 0.15) is 23.0 Å². The number of ether oxygens (including phenoxy) is 2. The molecular weight excluding hydrogens is 286 g/mol. The molecule has 1 aromatic carbocycles. The lowest BCUT2D eigenvalue weighted by molar-refractivity contribution is 0.0173. The highest BCUT2D eigenvalue weighted by Gasteiger charge is 2.30. The highest BCUT2D eigenvalue weighted by Crippen LogP contribution is 2.44. The van der Waals surface area contributed by atoms with Crippen LogP contribution < -0.4 is 9.47 Å². The predicted octanol–water partition coefficient (Wildman–Crippen LogP) is 2.62. The second kappa shape index (κ2) is 4.44. The zero-order valence-electron chi connectivity index (χ0n) is 10.8. The van der Waals surface area contributed by atoms with Gasteiger partial charge in [0.25, 0.3) is 5.92 Å². The second-order valence-corrected chi connectivity index (χ2v) is 4.62. The molecule has 0 amide bonds. The van der Waals surface area contributed by atoms with E-state index < -0.39 is 11.9 Å². The number of alkyl halides is 2. The van der Waals surface area contributed by atoms with Crippen molar-refractivity contribution in [1.29, 1.82) is 0 Å². The highest BCUT2D eigenvalue weighted by atomic mass is 19.3. The van der Waals surface area contributed by atoms with Crippen LogP contribution in [0.2, 0.25) is 0 Å². The number of halogens is 2. The first-order valence-electron chi connectivity index (χ1n) is 5.97. The van der Waals surface area contributed by atoms with Gasteiger partial charge in [0.1, 0.15) is 5.69 Å². The third kappa shape index (κ3) is 2.28. The molecule has 110 valence electrons. The Bertz CT molecular complexity index is 721. The molecule has 2 aromatic rings. The number of aromatic carboxylic acids is 1. The van der Waals surface area contributed by atoms with Crippen molar-refractivity contribution in [2.75, 3.05) is 6.79 Å². The minimum atomic E-state index is -3.07. The van der Waals surface area contributed by atoms with E-state index in [-0.39, 0.29) is 40.8 Å². The van der Waals surface area contributed by atoms with Crippen LogP contribution in [0.5, 0.6) is 11.5 Å². The van der Waals surface area contributed by atoms with Crippen LogP contribution in [-0.4, -0.2) is 28.1 Å². The van der Waals surface area contributed by atoms with Gasteiger partial charge in [-0.15, -0.1) is 0 Å². The zero-order chi connectivity index (χ0) is 15.2. The first-order chi connectivity index (χ1) is 9.86. The van der Waals surface area contributed by atoms with E-state index in [2.05, 4.69) is 10.2 Å². The first kappa shape index (κ1) is 13.3. The number of H-pyrrole nitrogens is 1. The van der Waals surface area contributed by atoms with Gasteiger partial charge in [-0.1, -0.05) is 0 Å². The topological polar surface area (TPSA) is 84.4 Å². The summed E-state index contributed by atoms with van der Waals surface area (Å²) in [5.74, 6) is -3.81. The van der Waals surface area contributed by atoms with Gasteiger partial charge in [0.2, 0.25) is 6.79 Å². The molecule has 1 aliphatic heterocycles. The molecule has 21 heavy (non-hydrogen) atoms. The average molecular weight is 296 g/mol. The van der Waals surface area contributed by atoms with E-state index in [0.29, 0.717) is 0 Å². The lowest BCUT2D eigenvalue weighted by Crippen LogP contribution is -2.07. The highest BCUT2D eigenvalue weighted by molar-refractivity contribution is 5.87. The third-order valence-electron chi connectivity index (χ3n) is 3.06. The lowest BCUT2D eigenvalue weighted by Gasteiger charge is -2.13. The van der Waals surface area contributed by atoms with Gasteiger partial charge in [-0.2, -0.15) is 5.10 Å². The molecular formula is C13H10F2N2O4. The van der Waals surface area contributed by atoms with Gasteiger partial charge < -0.3 is 14.6 Å². The number of nitrogens with one attached hydrogen (secondary N) is 1. The van der Waals surface area contributed by atoms with E-state index in [0.717, 1.165) is 6.92 Å². The molecule has 3 rings (SSSR count). The summed E-state index contributed by atoms with van der Waals surface area (Å²) in [4.78, 5) is 10.9. The standard InChI is InChI=1S/C13H10F2N2O4/c1-13(14,15)6-2-7(11-10(3-6)20-5-21-11)8-4-9(12(18)19)17-16-8/h2-4H,5H2,1H3,(H,16,17)(H,18,19). The molecule has 0 saturated carbocycles. The molecule has 0 saturated heterocycles. The van der Waals surface area contributed by atoms with Crippen molar-refractivity contribution in [3.8, 4) is 22.8 Å². The number of hydrogen-bond donors (Lipinski definition) is 2. The zero-order valence-corrected chi connectivity index (χ0v) is 10.8. The largest absolute Gasteiger partial charge is 0.477 e. The van der Waals surface area contributed by atoms with Gasteiger partial charge in [0, 0.05) is 18.1 Å². The van der Waals surface area contributed by atoms with Crippen molar-refractivity contribution in [1.82, 2.24) is 10.2 Å². The van der Waals surface area contributed by atoms with Crippen LogP contribution in [-0.2, 0) is 5.92 Å². The molecule has 6 nitrogen and oxygen atoms in total. The molecule has 0 spiro atoms. The van der Waals surface area contributed by atoms with E-state index in [4.69, 9.17) is 14.6 Å². The Hall–Kier alpha value is -2.64. The Labute approximate surface area is 117 Å². The van der Waals surface area contributed by atoms with Crippen LogP contribution in [0.4, 0.5) is 8.78 Å². The number of fused-ring (bicyclic) bond motifs is 1. The fraction of sp³-hybridized carbons (Fsp3) is 0.231. The van der Waals surface area contributed by atoms with E-state index in [9.17, 15) is 13.6 Å². The molecule has 0 bridgehead atoms. The molecule has 8 heteroatoms. The Morgan fingerprint density at radius 3 is 2.76 bits per heavy atom. The van der Waals surface area contributed by atoms with Gasteiger partial charge in [-0.3, -0.25) is 5.10 Å². The number of aromatic amines is 1. The number of benzene rings is 1. The maximum Gasteiger partial charge on any atom is 0.353 e. The second-order valence-electron chi connectivity index (χ2n) is 4.62. The summed E-state index contributed by atoms with van der Waals surface area (Å²) < 4.78 is 37.5. The fourth-order valence-corrected chi connectivity index (χ4v) is 2.02. The maximum atomic E-state index is 13.5. The van der Waals surface area contributed by atoms with Crippen molar-refractivity contribution in [3.05, 3.63) is 29.5 Å². The Balaban J connectivity index is 2.16. The molecule has 2 N–H and O–H groups in total. The summed E-state index contributed by atoms with van der Waals surface area (Å²) in [5, 5.41) is 15.0. The van der Waals surface area contributed by atoms with E-state index in [1.54, 1.807) is 0 Å². The first-order valence-corrected chi connectivity index (χ1v) is 5.97. The quantitative estimate of drug-likeness (QED) is 0.909. The number of rotatable bonds is 3. The van der Waals surface area contributed by atoms with Crippen molar-refractivity contribution < 1.29 is 28.2 Å². The van der Waals surface area contributed by atoms with Crippen molar-refractivity contribution >= 4 is 5.97 Å². The van der Waals surface area contributed by atoms with Crippen molar-refractivity contribution in [3.63, 3.8) is 0 Å². The Morgan fingerprint density at radius 1 is 1.38 bits per heavy atom. The number of nitrogens with zero attached hydrogens (tertiary/aromatic N) is 1. The molecule has 2 heterocycles. The predicted molar refractivity (Wildman–Crippen MR) is 66.7 cm³/mol. The van der Waals surface area contributed by atoms with Gasteiger partial charge in [0.05, 0.1) is 5.69 Å². The minimum Gasteiger partial charge on any atom is -0.477 e. The number of carboxylic acid groups (broad SMARTS) is 1. The van der Waals surface area contributed by atoms with Crippen LogP contribution >= 0.6 is 0 Å². The van der Waals surface area contributed by atoms with Crippen LogP contribution in [0.3, 0.4) is 0 Å². The van der Waals surface area contributed by atoms with Gasteiger partial charge >= 0.3 is 5.97 Å². The molecule has 1 aliphatic rings. The summed E-state index contributed by atoms with van der Waals surface area (Å²) in [6.07, 6.45) is 0. The molecule has 0 aliphatic carbocycles. The molecule has 0 atom stereocenters. The Kier molecular flexibility index (Phi) is 2.82. The van der Waals surface area contributed by atoms with E-state index in [1.165, 1.54) is 18.2 Å². The van der Waals surface area contributed by atoms with Gasteiger partial charge in [0.15, 0.2) is 11.5 Å². The smallest absolute Gasteiger partial charge is 0.353 e. The normalized spacial score (nSPS) is 13.5. The molecule has 0 radical (unpaired) electrons. The van der Waals surface area contributed by atoms with Crippen LogP contribution in [0, 0.1) is 0 Å². The van der Waals surface area contributed by atoms with Gasteiger partial charge in [-0.05, 0) is 18.2 Å². The lowest BCUT2D eigenvalue weighted by atomic mass is 10.0. The number of hydrogen-bond acceptors (Lipinski definition) is 4.